The number of phenols is 1. The van der Waals surface area contributed by atoms with Crippen LogP contribution >= 0.6 is 0 Å². The van der Waals surface area contributed by atoms with Crippen molar-refractivity contribution in [3.05, 3.63) is 54.1 Å². The van der Waals surface area contributed by atoms with E-state index in [-0.39, 0.29) is 11.2 Å². The zero-order valence-corrected chi connectivity index (χ0v) is 14.1. The van der Waals surface area contributed by atoms with E-state index in [1.54, 1.807) is 12.1 Å². The zero-order chi connectivity index (χ0) is 17.2. The molecule has 0 spiro atoms. The Kier molecular flexibility index (Phi) is 4.55. The molecule has 0 unspecified atom stereocenters. The molecular weight excluding hydrogens is 286 g/mol. The van der Waals surface area contributed by atoms with Crippen LogP contribution in [0.1, 0.15) is 38.8 Å². The van der Waals surface area contributed by atoms with Gasteiger partial charge in [0, 0.05) is 5.56 Å². The maximum atomic E-state index is 10.5. The largest absolute Gasteiger partial charge is 0.505 e. The zero-order valence-electron chi connectivity index (χ0n) is 14.1. The van der Waals surface area contributed by atoms with E-state index in [1.165, 1.54) is 0 Å². The Morgan fingerprint density at radius 3 is 2.26 bits per heavy atom. The van der Waals surface area contributed by atoms with Gasteiger partial charge in [-0.2, -0.15) is 0 Å². The van der Waals surface area contributed by atoms with E-state index < -0.39 is 0 Å². The molecule has 0 radical (unpaired) electrons. The van der Waals surface area contributed by atoms with Crippen molar-refractivity contribution in [3.63, 3.8) is 0 Å². The number of anilines is 1. The van der Waals surface area contributed by atoms with Crippen LogP contribution in [0.3, 0.4) is 0 Å². The average molecular weight is 309 g/mol. The number of azo groups is 1. The molecule has 0 heterocycles. The van der Waals surface area contributed by atoms with Gasteiger partial charge in [0.05, 0.1) is 5.69 Å². The van der Waals surface area contributed by atoms with Gasteiger partial charge in [-0.3, -0.25) is 0 Å². The Morgan fingerprint density at radius 2 is 1.70 bits per heavy atom. The minimum atomic E-state index is -0.0755. The number of hydrogen-bond donors (Lipinski definition) is 2. The van der Waals surface area contributed by atoms with E-state index in [9.17, 15) is 5.11 Å². The summed E-state index contributed by atoms with van der Waals surface area (Å²) in [5, 5.41) is 18.8. The highest BCUT2D eigenvalue weighted by molar-refractivity contribution is 5.74. The Morgan fingerprint density at radius 1 is 1.09 bits per heavy atom. The SMILES string of the molecule is C=C(C)c1cc(C(C)(C)C)cc(N=Nc2ccccc2N)c1O. The lowest BCUT2D eigenvalue weighted by atomic mass is 9.85. The quantitative estimate of drug-likeness (QED) is 0.562. The number of para-hydroxylation sites is 1. The van der Waals surface area contributed by atoms with E-state index >= 15 is 0 Å². The maximum absolute atomic E-state index is 10.5. The van der Waals surface area contributed by atoms with Gasteiger partial charge >= 0.3 is 0 Å². The van der Waals surface area contributed by atoms with Crippen molar-refractivity contribution in [1.29, 1.82) is 0 Å². The van der Waals surface area contributed by atoms with Crippen molar-refractivity contribution in [2.24, 2.45) is 10.2 Å². The summed E-state index contributed by atoms with van der Waals surface area (Å²) in [6, 6.07) is 11.0. The number of benzene rings is 2. The van der Waals surface area contributed by atoms with E-state index in [1.807, 2.05) is 31.2 Å². The Bertz CT molecular complexity index is 771. The van der Waals surface area contributed by atoms with Gasteiger partial charge in [0.2, 0.25) is 0 Å². The van der Waals surface area contributed by atoms with E-state index in [0.717, 1.165) is 11.1 Å². The highest BCUT2D eigenvalue weighted by atomic mass is 16.3. The van der Waals surface area contributed by atoms with Crippen LogP contribution < -0.4 is 5.73 Å². The summed E-state index contributed by atoms with van der Waals surface area (Å²) in [4.78, 5) is 0. The van der Waals surface area contributed by atoms with Gasteiger partial charge in [-0.25, -0.2) is 0 Å². The molecule has 2 rings (SSSR count). The number of nitrogens with zero attached hydrogens (tertiary/aromatic N) is 2. The van der Waals surface area contributed by atoms with Crippen LogP contribution in [0.4, 0.5) is 17.1 Å². The molecule has 0 amide bonds. The van der Waals surface area contributed by atoms with Crippen LogP contribution in [0.5, 0.6) is 5.75 Å². The molecule has 2 aromatic carbocycles. The van der Waals surface area contributed by atoms with Crippen LogP contribution in [0.15, 0.2) is 53.2 Å². The Labute approximate surface area is 137 Å². The predicted molar refractivity (Wildman–Crippen MR) is 96.5 cm³/mol. The average Bonchev–Trinajstić information content (AvgIpc) is 2.46. The van der Waals surface area contributed by atoms with Crippen LogP contribution in [0.25, 0.3) is 5.57 Å². The first-order chi connectivity index (χ1) is 10.7. The van der Waals surface area contributed by atoms with Gasteiger partial charge in [-0.1, -0.05) is 39.5 Å². The Hall–Kier alpha value is -2.62. The first-order valence-electron chi connectivity index (χ1n) is 7.50. The van der Waals surface area contributed by atoms with Gasteiger partial charge in [0.15, 0.2) is 5.75 Å². The van der Waals surface area contributed by atoms with Crippen molar-refractivity contribution in [2.45, 2.75) is 33.1 Å². The second-order valence-corrected chi connectivity index (χ2v) is 6.68. The third-order valence-electron chi connectivity index (χ3n) is 3.62. The van der Waals surface area contributed by atoms with Crippen molar-refractivity contribution >= 4 is 22.6 Å². The third-order valence-corrected chi connectivity index (χ3v) is 3.62. The van der Waals surface area contributed by atoms with Crippen molar-refractivity contribution < 1.29 is 5.11 Å². The van der Waals surface area contributed by atoms with Crippen LogP contribution in [0, 0.1) is 0 Å². The van der Waals surface area contributed by atoms with E-state index in [0.29, 0.717) is 22.6 Å². The van der Waals surface area contributed by atoms with Crippen molar-refractivity contribution in [2.75, 3.05) is 5.73 Å². The molecule has 0 bridgehead atoms. The summed E-state index contributed by atoms with van der Waals surface area (Å²) in [6.07, 6.45) is 0. The number of phenolic OH excluding ortho intramolecular Hbond substituents is 1. The van der Waals surface area contributed by atoms with Gasteiger partial charge in [-0.15, -0.1) is 10.2 Å². The molecule has 0 atom stereocenters. The second-order valence-electron chi connectivity index (χ2n) is 6.68. The number of rotatable bonds is 3. The minimum absolute atomic E-state index is 0.0755. The van der Waals surface area contributed by atoms with Gasteiger partial charge in [-0.05, 0) is 47.7 Å². The standard InChI is InChI=1S/C19H23N3O/c1-12(2)14-10-13(19(3,4)5)11-17(18(14)23)22-21-16-9-7-6-8-15(16)20/h6-11,23H,1,20H2,2-5H3. The van der Waals surface area contributed by atoms with Crippen molar-refractivity contribution in [1.82, 2.24) is 0 Å². The molecule has 4 nitrogen and oxygen atoms in total. The second kappa shape index (κ2) is 6.24. The fourth-order valence-electron chi connectivity index (χ4n) is 2.14. The number of hydrogen-bond acceptors (Lipinski definition) is 4. The molecule has 0 aliphatic carbocycles. The van der Waals surface area contributed by atoms with Gasteiger partial charge in [0.1, 0.15) is 11.4 Å². The molecular formula is C19H23N3O. The Balaban J connectivity index is 2.55. The lowest BCUT2D eigenvalue weighted by Crippen LogP contribution is -2.11. The molecule has 0 saturated carbocycles. The fourth-order valence-corrected chi connectivity index (χ4v) is 2.14. The van der Waals surface area contributed by atoms with Crippen LogP contribution in [0.2, 0.25) is 0 Å². The summed E-state index contributed by atoms with van der Waals surface area (Å²) in [5.41, 5.74) is 9.86. The fraction of sp³-hybridized carbons (Fsp3) is 0.263. The summed E-state index contributed by atoms with van der Waals surface area (Å²) in [6.45, 7) is 12.1. The monoisotopic (exact) mass is 309 g/mol. The van der Waals surface area contributed by atoms with Crippen LogP contribution in [-0.4, -0.2) is 5.11 Å². The number of allylic oxidation sites excluding steroid dienone is 1. The molecule has 0 aliphatic rings. The summed E-state index contributed by atoms with van der Waals surface area (Å²) in [7, 11) is 0. The number of aromatic hydroxyl groups is 1. The van der Waals surface area contributed by atoms with Crippen LogP contribution in [-0.2, 0) is 5.41 Å². The molecule has 2 aromatic rings. The molecule has 3 N–H and O–H groups in total. The molecule has 0 saturated heterocycles. The summed E-state index contributed by atoms with van der Waals surface area (Å²) >= 11 is 0. The minimum Gasteiger partial charge on any atom is -0.505 e. The number of nitrogens with two attached hydrogens (primary N) is 1. The lowest BCUT2D eigenvalue weighted by Gasteiger charge is -2.21. The molecule has 0 aliphatic heterocycles. The summed E-state index contributed by atoms with van der Waals surface area (Å²) < 4.78 is 0. The molecule has 4 heteroatoms. The molecule has 0 fully saturated rings. The van der Waals surface area contributed by atoms with E-state index in [2.05, 4.69) is 37.6 Å². The number of nitrogen functional groups attached to an aromatic ring is 1. The maximum Gasteiger partial charge on any atom is 0.150 e. The van der Waals surface area contributed by atoms with Crippen molar-refractivity contribution in [3.8, 4) is 5.75 Å². The third kappa shape index (κ3) is 3.77. The first-order valence-corrected chi connectivity index (χ1v) is 7.50. The topological polar surface area (TPSA) is 71.0 Å². The molecule has 0 aromatic heterocycles. The van der Waals surface area contributed by atoms with Gasteiger partial charge < -0.3 is 10.8 Å². The predicted octanol–water partition coefficient (Wildman–Crippen LogP) is 5.72. The normalized spacial score (nSPS) is 11.8. The summed E-state index contributed by atoms with van der Waals surface area (Å²) in [5.74, 6) is 0.0868. The van der Waals surface area contributed by atoms with E-state index in [4.69, 9.17) is 5.73 Å². The lowest BCUT2D eigenvalue weighted by molar-refractivity contribution is 0.473. The molecule has 23 heavy (non-hydrogen) atoms. The van der Waals surface area contributed by atoms with Gasteiger partial charge in [0.25, 0.3) is 0 Å². The first kappa shape index (κ1) is 16.7. The highest BCUT2D eigenvalue weighted by Crippen LogP contribution is 2.39. The smallest absolute Gasteiger partial charge is 0.150 e. The molecule has 120 valence electrons. The highest BCUT2D eigenvalue weighted by Gasteiger charge is 2.19.